The molecule has 0 saturated heterocycles. The number of thiophene rings is 1. The van der Waals surface area contributed by atoms with Gasteiger partial charge in [-0.3, -0.25) is 0 Å². The Balaban J connectivity index is 1.53. The van der Waals surface area contributed by atoms with Crippen LogP contribution in [-0.4, -0.2) is 36.8 Å². The number of ether oxygens (including phenoxy) is 1. The number of hydrogen-bond acceptors (Lipinski definition) is 9. The van der Waals surface area contributed by atoms with Crippen molar-refractivity contribution >= 4 is 39.1 Å². The number of nitrogen functional groups attached to an aromatic ring is 1. The monoisotopic (exact) mass is 435 g/mol. The van der Waals surface area contributed by atoms with Crippen molar-refractivity contribution in [2.75, 3.05) is 5.73 Å². The molecule has 150 valence electrons. The molecular formula is C17H15F2N7OS2. The van der Waals surface area contributed by atoms with E-state index >= 15 is 0 Å². The predicted octanol–water partition coefficient (Wildman–Crippen LogP) is 3.76. The van der Waals surface area contributed by atoms with Crippen LogP contribution in [0.4, 0.5) is 14.6 Å². The molecule has 4 rings (SSSR count). The number of aryl methyl sites for hydroxylation is 2. The first-order valence-electron chi connectivity index (χ1n) is 8.41. The highest BCUT2D eigenvalue weighted by Gasteiger charge is 2.15. The molecule has 8 nitrogen and oxygen atoms in total. The third-order valence-corrected chi connectivity index (χ3v) is 6.15. The summed E-state index contributed by atoms with van der Waals surface area (Å²) in [4.78, 5) is 11.0. The Bertz CT molecular complexity index is 1160. The fraction of sp³-hybridized carbons (Fsp3) is 0.235. The number of anilines is 1. The molecule has 3 aromatic heterocycles. The Labute approximate surface area is 172 Å². The second kappa shape index (κ2) is 7.87. The van der Waals surface area contributed by atoms with Crippen molar-refractivity contribution in [2.45, 2.75) is 31.4 Å². The fourth-order valence-corrected chi connectivity index (χ4v) is 4.57. The van der Waals surface area contributed by atoms with Gasteiger partial charge in [0.1, 0.15) is 16.4 Å². The predicted molar refractivity (Wildman–Crippen MR) is 107 cm³/mol. The topological polar surface area (TPSA) is 105 Å². The van der Waals surface area contributed by atoms with Gasteiger partial charge in [0.25, 0.3) is 0 Å². The van der Waals surface area contributed by atoms with Gasteiger partial charge in [-0.2, -0.15) is 13.5 Å². The van der Waals surface area contributed by atoms with Crippen LogP contribution in [0.15, 0.2) is 29.4 Å². The van der Waals surface area contributed by atoms with Crippen molar-refractivity contribution < 1.29 is 13.5 Å². The lowest BCUT2D eigenvalue weighted by molar-refractivity contribution is -0.0498. The summed E-state index contributed by atoms with van der Waals surface area (Å²) in [5.74, 6) is 1.47. The summed E-state index contributed by atoms with van der Waals surface area (Å²) in [7, 11) is 0. The Hall–Kier alpha value is -2.86. The zero-order valence-electron chi connectivity index (χ0n) is 15.3. The number of nitrogens with zero attached hydrogens (tertiary/aromatic N) is 6. The molecule has 0 aliphatic carbocycles. The van der Waals surface area contributed by atoms with E-state index in [-0.39, 0.29) is 5.75 Å². The van der Waals surface area contributed by atoms with Crippen molar-refractivity contribution in [1.82, 2.24) is 30.2 Å². The van der Waals surface area contributed by atoms with Crippen LogP contribution in [0.5, 0.6) is 5.75 Å². The summed E-state index contributed by atoms with van der Waals surface area (Å²) in [5.41, 5.74) is 7.84. The van der Waals surface area contributed by atoms with Crippen LogP contribution in [0.1, 0.15) is 16.3 Å². The fourth-order valence-electron chi connectivity index (χ4n) is 2.72. The average molecular weight is 435 g/mol. The van der Waals surface area contributed by atoms with Crippen LogP contribution < -0.4 is 10.5 Å². The molecule has 29 heavy (non-hydrogen) atoms. The first-order chi connectivity index (χ1) is 13.9. The average Bonchev–Trinajstić information content (AvgIpc) is 3.25. The van der Waals surface area contributed by atoms with E-state index < -0.39 is 6.61 Å². The van der Waals surface area contributed by atoms with Crippen LogP contribution >= 0.6 is 23.1 Å². The molecule has 0 saturated carbocycles. The Kier molecular flexibility index (Phi) is 5.28. The van der Waals surface area contributed by atoms with Crippen LogP contribution in [0, 0.1) is 13.8 Å². The number of alkyl halides is 2. The van der Waals surface area contributed by atoms with E-state index in [1.165, 1.54) is 28.6 Å². The van der Waals surface area contributed by atoms with Crippen LogP contribution in [0.25, 0.3) is 15.9 Å². The van der Waals surface area contributed by atoms with E-state index in [9.17, 15) is 8.78 Å². The highest BCUT2D eigenvalue weighted by molar-refractivity contribution is 7.98. The van der Waals surface area contributed by atoms with E-state index in [1.807, 2.05) is 13.8 Å². The molecule has 0 unspecified atom stereocenters. The summed E-state index contributed by atoms with van der Waals surface area (Å²) in [6, 6.07) is 6.05. The van der Waals surface area contributed by atoms with Crippen molar-refractivity contribution in [1.29, 1.82) is 0 Å². The molecular weight excluding hydrogens is 420 g/mol. The third kappa shape index (κ3) is 3.98. The molecule has 12 heteroatoms. The van der Waals surface area contributed by atoms with Gasteiger partial charge in [0.2, 0.25) is 0 Å². The van der Waals surface area contributed by atoms with E-state index in [4.69, 9.17) is 5.73 Å². The zero-order chi connectivity index (χ0) is 20.5. The molecule has 0 radical (unpaired) electrons. The van der Waals surface area contributed by atoms with Gasteiger partial charge in [-0.15, -0.1) is 16.4 Å². The van der Waals surface area contributed by atoms with Gasteiger partial charge in [-0.1, -0.05) is 11.8 Å². The van der Waals surface area contributed by atoms with Crippen LogP contribution in [0.2, 0.25) is 0 Å². The number of hydrogen-bond donors (Lipinski definition) is 1. The number of rotatable bonds is 6. The van der Waals surface area contributed by atoms with Gasteiger partial charge in [-0.05, 0) is 54.1 Å². The standard InChI is InChI=1S/C17H15F2N7OS2/c1-8-9(2)29-15-13(8)14(20)21-17(22-15)28-7-12-23-24-25-26(12)10-3-5-11(6-4-10)27-16(18)19/h3-6,16H,7H2,1-2H3,(H2,20,21,22). The number of benzene rings is 1. The molecule has 1 aromatic carbocycles. The normalized spacial score (nSPS) is 11.5. The maximum atomic E-state index is 12.3. The van der Waals surface area contributed by atoms with Gasteiger partial charge >= 0.3 is 6.61 Å². The lowest BCUT2D eigenvalue weighted by atomic mass is 10.2. The molecule has 0 fully saturated rings. The number of aromatic nitrogens is 6. The summed E-state index contributed by atoms with van der Waals surface area (Å²) < 4.78 is 30.4. The van der Waals surface area contributed by atoms with E-state index in [2.05, 4.69) is 30.2 Å². The molecule has 0 spiro atoms. The number of nitrogens with two attached hydrogens (primary N) is 1. The van der Waals surface area contributed by atoms with Gasteiger partial charge in [-0.25, -0.2) is 9.97 Å². The summed E-state index contributed by atoms with van der Waals surface area (Å²) in [5, 5.41) is 13.1. The first-order valence-corrected chi connectivity index (χ1v) is 10.2. The molecule has 0 amide bonds. The lowest BCUT2D eigenvalue weighted by Gasteiger charge is -2.07. The summed E-state index contributed by atoms with van der Waals surface area (Å²) in [6.45, 7) is 1.16. The summed E-state index contributed by atoms with van der Waals surface area (Å²) >= 11 is 2.94. The number of halogens is 2. The molecule has 0 aliphatic rings. The third-order valence-electron chi connectivity index (χ3n) is 4.21. The smallest absolute Gasteiger partial charge is 0.387 e. The number of fused-ring (bicyclic) bond motifs is 1. The van der Waals surface area contributed by atoms with Crippen molar-refractivity contribution in [3.8, 4) is 11.4 Å². The molecule has 2 N–H and O–H groups in total. The summed E-state index contributed by atoms with van der Waals surface area (Å²) in [6.07, 6.45) is 0. The Morgan fingerprint density at radius 2 is 1.97 bits per heavy atom. The lowest BCUT2D eigenvalue weighted by Crippen LogP contribution is -2.04. The van der Waals surface area contributed by atoms with Crippen molar-refractivity contribution in [2.24, 2.45) is 0 Å². The maximum absolute atomic E-state index is 12.3. The SMILES string of the molecule is Cc1sc2nc(SCc3nnnn3-c3ccc(OC(F)F)cc3)nc(N)c2c1C. The second-order valence-corrected chi connectivity index (χ2v) is 8.17. The largest absolute Gasteiger partial charge is 0.435 e. The minimum atomic E-state index is -2.87. The Morgan fingerprint density at radius 3 is 2.69 bits per heavy atom. The number of thioether (sulfide) groups is 1. The quantitative estimate of drug-likeness (QED) is 0.361. The van der Waals surface area contributed by atoms with E-state index in [0.717, 1.165) is 20.7 Å². The Morgan fingerprint density at radius 1 is 1.21 bits per heavy atom. The highest BCUT2D eigenvalue weighted by Crippen LogP contribution is 2.34. The number of tetrazole rings is 1. The second-order valence-electron chi connectivity index (χ2n) is 6.02. The first kappa shape index (κ1) is 19.5. The maximum Gasteiger partial charge on any atom is 0.387 e. The molecule has 0 bridgehead atoms. The molecule has 0 aliphatic heterocycles. The van der Waals surface area contributed by atoms with Crippen molar-refractivity contribution in [3.63, 3.8) is 0 Å². The molecule has 3 heterocycles. The molecule has 4 aromatic rings. The van der Waals surface area contributed by atoms with E-state index in [0.29, 0.717) is 28.2 Å². The van der Waals surface area contributed by atoms with Gasteiger partial charge in [0, 0.05) is 4.88 Å². The van der Waals surface area contributed by atoms with Crippen LogP contribution in [0.3, 0.4) is 0 Å². The van der Waals surface area contributed by atoms with Crippen molar-refractivity contribution in [3.05, 3.63) is 40.5 Å². The van der Waals surface area contributed by atoms with Gasteiger partial charge in [0.05, 0.1) is 16.8 Å². The minimum Gasteiger partial charge on any atom is -0.435 e. The minimum absolute atomic E-state index is 0.0615. The van der Waals surface area contributed by atoms with Gasteiger partial charge < -0.3 is 10.5 Å². The highest BCUT2D eigenvalue weighted by atomic mass is 32.2. The van der Waals surface area contributed by atoms with Gasteiger partial charge in [0.15, 0.2) is 11.0 Å². The molecule has 0 atom stereocenters. The van der Waals surface area contributed by atoms with Crippen LogP contribution in [-0.2, 0) is 5.75 Å². The zero-order valence-corrected chi connectivity index (χ0v) is 17.0. The van der Waals surface area contributed by atoms with E-state index in [1.54, 1.807) is 23.5 Å².